The number of nitro benzene ring substituents is 1. The molecule has 0 bridgehead atoms. The number of amides is 2. The Labute approximate surface area is 202 Å². The zero-order valence-corrected chi connectivity index (χ0v) is 19.7. The maximum Gasteiger partial charge on any atom is 0.325 e. The average Bonchev–Trinajstić information content (AvgIpc) is 3.27. The maximum absolute atomic E-state index is 13.6. The highest BCUT2D eigenvalue weighted by Crippen LogP contribution is 2.47. The van der Waals surface area contributed by atoms with Crippen LogP contribution in [0, 0.1) is 22.0 Å². The van der Waals surface area contributed by atoms with E-state index < -0.39 is 51.7 Å². The third-order valence-corrected chi connectivity index (χ3v) is 6.67. The van der Waals surface area contributed by atoms with E-state index in [9.17, 15) is 29.6 Å². The van der Waals surface area contributed by atoms with Crippen molar-refractivity contribution in [2.45, 2.75) is 44.3 Å². The van der Waals surface area contributed by atoms with Crippen LogP contribution in [0.5, 0.6) is 0 Å². The monoisotopic (exact) mass is 477 g/mol. The summed E-state index contributed by atoms with van der Waals surface area (Å²) >= 11 is 0. The summed E-state index contributed by atoms with van der Waals surface area (Å²) in [5.74, 6) is -4.21. The molecular weight excluding hydrogens is 450 g/mol. The van der Waals surface area contributed by atoms with Gasteiger partial charge >= 0.3 is 5.97 Å². The van der Waals surface area contributed by atoms with Crippen LogP contribution in [0.2, 0.25) is 0 Å². The van der Waals surface area contributed by atoms with E-state index >= 15 is 0 Å². The molecule has 0 spiro atoms. The van der Waals surface area contributed by atoms with Crippen molar-refractivity contribution in [3.05, 3.63) is 81.9 Å². The number of fused-ring (bicyclic) bond motifs is 1. The zero-order valence-electron chi connectivity index (χ0n) is 19.7. The second-order valence-corrected chi connectivity index (χ2v) is 10.0. The average molecular weight is 478 g/mol. The molecule has 2 amide bonds. The van der Waals surface area contributed by atoms with Crippen molar-refractivity contribution < 1.29 is 24.4 Å². The molecule has 2 N–H and O–H groups in total. The largest absolute Gasteiger partial charge is 0.480 e. The van der Waals surface area contributed by atoms with Crippen LogP contribution in [0.4, 0.5) is 5.69 Å². The molecule has 2 fully saturated rings. The molecule has 2 aromatic rings. The normalized spacial score (nSPS) is 26.4. The maximum atomic E-state index is 13.6. The van der Waals surface area contributed by atoms with Crippen LogP contribution in [-0.2, 0) is 20.8 Å². The minimum Gasteiger partial charge on any atom is -0.480 e. The predicted molar refractivity (Wildman–Crippen MR) is 128 cm³/mol. The van der Waals surface area contributed by atoms with Crippen LogP contribution in [-0.4, -0.2) is 49.8 Å². The Hall–Kier alpha value is -3.85. The van der Waals surface area contributed by atoms with Gasteiger partial charge in [-0.05, 0) is 31.9 Å². The second-order valence-electron chi connectivity index (χ2n) is 10.0. The molecule has 2 aliphatic heterocycles. The highest BCUT2D eigenvalue weighted by atomic mass is 16.6. The van der Waals surface area contributed by atoms with E-state index in [4.69, 9.17) is 0 Å². The SMILES string of the molecule is CC(C)(C)N1C(=O)C2C(/C=C/c3ccccc3)NC(Cc3ccc([N+](=O)[O-])cc3)(C(=O)O)C2C1=O. The molecule has 4 atom stereocenters. The van der Waals surface area contributed by atoms with E-state index in [0.717, 1.165) is 5.56 Å². The van der Waals surface area contributed by atoms with Gasteiger partial charge in [0.15, 0.2) is 0 Å². The molecule has 182 valence electrons. The van der Waals surface area contributed by atoms with Crippen molar-refractivity contribution in [2.75, 3.05) is 0 Å². The summed E-state index contributed by atoms with van der Waals surface area (Å²) in [7, 11) is 0. The summed E-state index contributed by atoms with van der Waals surface area (Å²) in [5, 5.41) is 24.6. The van der Waals surface area contributed by atoms with Gasteiger partial charge in [-0.15, -0.1) is 0 Å². The molecule has 2 aromatic carbocycles. The molecule has 9 heteroatoms. The summed E-state index contributed by atoms with van der Waals surface area (Å²) in [4.78, 5) is 51.6. The minimum atomic E-state index is -1.76. The number of nitrogens with one attached hydrogen (secondary N) is 1. The van der Waals surface area contributed by atoms with E-state index in [1.807, 2.05) is 30.3 Å². The summed E-state index contributed by atoms with van der Waals surface area (Å²) in [6.07, 6.45) is 3.43. The van der Waals surface area contributed by atoms with Gasteiger partial charge in [0, 0.05) is 30.1 Å². The number of likely N-dealkylation sites (tertiary alicyclic amines) is 1. The molecule has 0 aliphatic carbocycles. The molecule has 0 saturated carbocycles. The minimum absolute atomic E-state index is 0.117. The van der Waals surface area contributed by atoms with Gasteiger partial charge in [-0.2, -0.15) is 0 Å². The summed E-state index contributed by atoms with van der Waals surface area (Å²) in [5.41, 5.74) is -1.32. The van der Waals surface area contributed by atoms with Crippen molar-refractivity contribution in [1.29, 1.82) is 0 Å². The number of nitrogens with zero attached hydrogens (tertiary/aromatic N) is 2. The Morgan fingerprint density at radius 3 is 2.29 bits per heavy atom. The van der Waals surface area contributed by atoms with Crippen LogP contribution in [0.1, 0.15) is 31.9 Å². The molecule has 0 aromatic heterocycles. The molecular formula is C26H27N3O6. The molecule has 0 radical (unpaired) electrons. The first kappa shape index (κ1) is 24.3. The summed E-state index contributed by atoms with van der Waals surface area (Å²) < 4.78 is 0. The Morgan fingerprint density at radius 1 is 1.11 bits per heavy atom. The number of carboxylic acid groups (broad SMARTS) is 1. The molecule has 2 heterocycles. The summed E-state index contributed by atoms with van der Waals surface area (Å²) in [6, 6.07) is 14.2. The topological polar surface area (TPSA) is 130 Å². The number of aliphatic carboxylic acids is 1. The number of hydrogen-bond acceptors (Lipinski definition) is 6. The van der Waals surface area contributed by atoms with Gasteiger partial charge in [0.25, 0.3) is 5.69 Å². The number of rotatable bonds is 6. The first-order chi connectivity index (χ1) is 16.5. The number of hydrogen-bond donors (Lipinski definition) is 2. The van der Waals surface area contributed by atoms with Crippen LogP contribution in [0.25, 0.3) is 6.08 Å². The zero-order chi connectivity index (χ0) is 25.5. The van der Waals surface area contributed by atoms with Crippen molar-refractivity contribution in [2.24, 2.45) is 11.8 Å². The number of imide groups is 1. The van der Waals surface area contributed by atoms with E-state index in [0.29, 0.717) is 5.56 Å². The fourth-order valence-electron chi connectivity index (χ4n) is 5.14. The van der Waals surface area contributed by atoms with Gasteiger partial charge in [-0.25, -0.2) is 0 Å². The van der Waals surface area contributed by atoms with E-state index in [2.05, 4.69) is 5.32 Å². The van der Waals surface area contributed by atoms with E-state index in [1.54, 1.807) is 32.9 Å². The van der Waals surface area contributed by atoms with E-state index in [-0.39, 0.29) is 12.1 Å². The van der Waals surface area contributed by atoms with Crippen LogP contribution < -0.4 is 5.32 Å². The fourth-order valence-corrected chi connectivity index (χ4v) is 5.14. The lowest BCUT2D eigenvalue weighted by Crippen LogP contribution is -2.59. The Morgan fingerprint density at radius 2 is 1.74 bits per heavy atom. The quantitative estimate of drug-likeness (QED) is 0.372. The lowest BCUT2D eigenvalue weighted by molar-refractivity contribution is -0.384. The lowest BCUT2D eigenvalue weighted by Gasteiger charge is -2.35. The third-order valence-electron chi connectivity index (χ3n) is 6.67. The molecule has 4 rings (SSSR count). The van der Waals surface area contributed by atoms with E-state index in [1.165, 1.54) is 29.2 Å². The first-order valence-electron chi connectivity index (χ1n) is 11.3. The Balaban J connectivity index is 1.78. The Kier molecular flexibility index (Phi) is 6.06. The number of carbonyl (C=O) groups excluding carboxylic acids is 2. The standard InChI is InChI=1S/C26H27N3O6/c1-25(2,3)28-22(30)20-19(14-11-16-7-5-4-6-8-16)27-26(24(32)33,21(20)23(28)31)15-17-9-12-18(13-10-17)29(34)35/h4-14,19-21,27H,15H2,1-3H3,(H,32,33)/b14-11+. The van der Waals surface area contributed by atoms with Crippen molar-refractivity contribution >= 4 is 29.5 Å². The molecule has 9 nitrogen and oxygen atoms in total. The van der Waals surface area contributed by atoms with Crippen LogP contribution in [0.3, 0.4) is 0 Å². The van der Waals surface area contributed by atoms with Gasteiger partial charge in [-0.1, -0.05) is 54.6 Å². The summed E-state index contributed by atoms with van der Waals surface area (Å²) in [6.45, 7) is 5.22. The second kappa shape index (κ2) is 8.74. The third kappa shape index (κ3) is 4.23. The number of carbonyl (C=O) groups is 3. The van der Waals surface area contributed by atoms with Gasteiger partial charge in [-0.3, -0.25) is 34.7 Å². The molecule has 4 unspecified atom stereocenters. The number of nitro groups is 1. The van der Waals surface area contributed by atoms with Gasteiger partial charge in [0.1, 0.15) is 5.54 Å². The van der Waals surface area contributed by atoms with Gasteiger partial charge in [0.05, 0.1) is 16.8 Å². The number of carboxylic acids is 1. The first-order valence-corrected chi connectivity index (χ1v) is 11.3. The van der Waals surface area contributed by atoms with Crippen molar-refractivity contribution in [1.82, 2.24) is 10.2 Å². The van der Waals surface area contributed by atoms with Crippen molar-refractivity contribution in [3.8, 4) is 0 Å². The fraction of sp³-hybridized carbons (Fsp3) is 0.346. The number of benzene rings is 2. The van der Waals surface area contributed by atoms with Gasteiger partial charge in [0.2, 0.25) is 11.8 Å². The predicted octanol–water partition coefficient (Wildman–Crippen LogP) is 3.05. The van der Waals surface area contributed by atoms with Crippen molar-refractivity contribution in [3.63, 3.8) is 0 Å². The van der Waals surface area contributed by atoms with Gasteiger partial charge < -0.3 is 5.11 Å². The van der Waals surface area contributed by atoms with Crippen LogP contribution in [0.15, 0.2) is 60.7 Å². The number of non-ortho nitro benzene ring substituents is 1. The highest BCUT2D eigenvalue weighted by molar-refractivity contribution is 6.10. The molecule has 2 aliphatic rings. The molecule has 2 saturated heterocycles. The molecule has 35 heavy (non-hydrogen) atoms. The smallest absolute Gasteiger partial charge is 0.325 e. The highest BCUT2D eigenvalue weighted by Gasteiger charge is 2.68. The van der Waals surface area contributed by atoms with Crippen LogP contribution >= 0.6 is 0 Å². The lowest BCUT2D eigenvalue weighted by atomic mass is 9.76. The Bertz CT molecular complexity index is 1200.